The summed E-state index contributed by atoms with van der Waals surface area (Å²) in [5.41, 5.74) is 2.71. The predicted molar refractivity (Wildman–Crippen MR) is 103 cm³/mol. The van der Waals surface area contributed by atoms with Crippen LogP contribution in [0.2, 0.25) is 0 Å². The minimum Gasteiger partial charge on any atom is -0.368 e. The van der Waals surface area contributed by atoms with E-state index in [9.17, 15) is 4.79 Å². The molecule has 7 nitrogen and oxygen atoms in total. The van der Waals surface area contributed by atoms with E-state index in [1.54, 1.807) is 30.9 Å². The Balaban J connectivity index is 1.44. The van der Waals surface area contributed by atoms with Crippen LogP contribution in [0.4, 0.5) is 5.82 Å². The summed E-state index contributed by atoms with van der Waals surface area (Å²) in [6.45, 7) is 6.61. The lowest BCUT2D eigenvalue weighted by Crippen LogP contribution is -2.38. The third-order valence-electron chi connectivity index (χ3n) is 5.61. The molecule has 1 N–H and O–H groups in total. The second-order valence-electron chi connectivity index (χ2n) is 7.17. The number of rotatable bonds is 5. The quantitative estimate of drug-likeness (QED) is 0.872. The zero-order chi connectivity index (χ0) is 18.6. The van der Waals surface area contributed by atoms with Crippen molar-refractivity contribution in [1.29, 1.82) is 0 Å². The van der Waals surface area contributed by atoms with Crippen LogP contribution in [-0.4, -0.2) is 62.9 Å². The van der Waals surface area contributed by atoms with E-state index in [1.165, 1.54) is 19.4 Å². The average Bonchev–Trinajstić information content (AvgIpc) is 3.19. The number of nitrogens with zero attached hydrogens (tertiary/aromatic N) is 5. The fourth-order valence-electron chi connectivity index (χ4n) is 4.11. The van der Waals surface area contributed by atoms with Gasteiger partial charge in [0.2, 0.25) is 0 Å². The molecule has 1 saturated heterocycles. The highest BCUT2D eigenvalue weighted by Crippen LogP contribution is 2.24. The molecule has 2 aliphatic rings. The number of hydrogen-bond acceptors (Lipinski definition) is 6. The van der Waals surface area contributed by atoms with Gasteiger partial charge in [-0.2, -0.15) is 0 Å². The SMILES string of the molecule is CCN1CCC[C@H]1CNc1ncnc2c1CCN(C(=O)c1cccnc1)C2. The lowest BCUT2D eigenvalue weighted by Gasteiger charge is -2.29. The Morgan fingerprint density at radius 1 is 1.33 bits per heavy atom. The van der Waals surface area contributed by atoms with E-state index in [2.05, 4.69) is 32.1 Å². The van der Waals surface area contributed by atoms with Gasteiger partial charge in [-0.15, -0.1) is 0 Å². The summed E-state index contributed by atoms with van der Waals surface area (Å²) in [6.07, 6.45) is 8.18. The summed E-state index contributed by atoms with van der Waals surface area (Å²) in [4.78, 5) is 30.0. The summed E-state index contributed by atoms with van der Waals surface area (Å²) in [7, 11) is 0. The second kappa shape index (κ2) is 8.00. The summed E-state index contributed by atoms with van der Waals surface area (Å²) in [5, 5.41) is 3.55. The van der Waals surface area contributed by atoms with Gasteiger partial charge in [0.25, 0.3) is 5.91 Å². The Morgan fingerprint density at radius 2 is 2.26 bits per heavy atom. The van der Waals surface area contributed by atoms with Gasteiger partial charge in [-0.05, 0) is 44.5 Å². The topological polar surface area (TPSA) is 74.2 Å². The van der Waals surface area contributed by atoms with E-state index in [0.29, 0.717) is 24.7 Å². The molecule has 2 aromatic rings. The standard InChI is InChI=1S/C20H26N6O/c1-2-25-9-4-6-16(25)12-22-19-17-7-10-26(13-18(17)23-14-24-19)20(27)15-5-3-8-21-11-15/h3,5,8,11,14,16H,2,4,6-7,9-10,12-13H2,1H3,(H,22,23,24)/t16-/m0/s1. The van der Waals surface area contributed by atoms with Crippen LogP contribution < -0.4 is 5.32 Å². The number of carbonyl (C=O) groups is 1. The number of likely N-dealkylation sites (N-methyl/N-ethyl adjacent to an activating group) is 1. The van der Waals surface area contributed by atoms with Crippen molar-refractivity contribution in [3.8, 4) is 0 Å². The highest BCUT2D eigenvalue weighted by molar-refractivity contribution is 5.94. The fourth-order valence-corrected chi connectivity index (χ4v) is 4.11. The first-order valence-corrected chi connectivity index (χ1v) is 9.76. The van der Waals surface area contributed by atoms with Crippen LogP contribution >= 0.6 is 0 Å². The maximum absolute atomic E-state index is 12.7. The number of aromatic nitrogens is 3. The Hall–Kier alpha value is -2.54. The molecule has 7 heteroatoms. The highest BCUT2D eigenvalue weighted by atomic mass is 16.2. The molecule has 0 saturated carbocycles. The van der Waals surface area contributed by atoms with Crippen LogP contribution in [0.25, 0.3) is 0 Å². The maximum atomic E-state index is 12.7. The summed E-state index contributed by atoms with van der Waals surface area (Å²) >= 11 is 0. The van der Waals surface area contributed by atoms with Crippen molar-refractivity contribution < 1.29 is 4.79 Å². The third kappa shape index (κ3) is 3.78. The first kappa shape index (κ1) is 17.9. The molecule has 2 aromatic heterocycles. The van der Waals surface area contributed by atoms with E-state index < -0.39 is 0 Å². The normalized spacial score (nSPS) is 19.7. The smallest absolute Gasteiger partial charge is 0.255 e. The minimum absolute atomic E-state index is 0.00594. The number of nitrogens with one attached hydrogen (secondary N) is 1. The summed E-state index contributed by atoms with van der Waals surface area (Å²) in [5.74, 6) is 0.933. The zero-order valence-electron chi connectivity index (χ0n) is 15.8. The number of amides is 1. The first-order valence-electron chi connectivity index (χ1n) is 9.76. The molecular formula is C20H26N6O. The Morgan fingerprint density at radius 3 is 3.07 bits per heavy atom. The van der Waals surface area contributed by atoms with Crippen molar-refractivity contribution >= 4 is 11.7 Å². The van der Waals surface area contributed by atoms with Gasteiger partial charge in [-0.25, -0.2) is 9.97 Å². The molecule has 0 bridgehead atoms. The van der Waals surface area contributed by atoms with Crippen LogP contribution in [0.3, 0.4) is 0 Å². The number of anilines is 1. The number of likely N-dealkylation sites (tertiary alicyclic amines) is 1. The second-order valence-corrected chi connectivity index (χ2v) is 7.17. The molecule has 4 heterocycles. The van der Waals surface area contributed by atoms with Gasteiger partial charge < -0.3 is 10.2 Å². The van der Waals surface area contributed by atoms with Crippen LogP contribution in [0, 0.1) is 0 Å². The summed E-state index contributed by atoms with van der Waals surface area (Å²) < 4.78 is 0. The van der Waals surface area contributed by atoms with Crippen molar-refractivity contribution in [2.24, 2.45) is 0 Å². The van der Waals surface area contributed by atoms with E-state index in [4.69, 9.17) is 0 Å². The molecule has 1 amide bonds. The maximum Gasteiger partial charge on any atom is 0.255 e. The first-order chi connectivity index (χ1) is 13.3. The molecule has 0 radical (unpaired) electrons. The van der Waals surface area contributed by atoms with Crippen LogP contribution in [-0.2, 0) is 13.0 Å². The minimum atomic E-state index is 0.00594. The Kier molecular flexibility index (Phi) is 5.29. The van der Waals surface area contributed by atoms with E-state index in [0.717, 1.165) is 36.6 Å². The van der Waals surface area contributed by atoms with E-state index in [1.807, 2.05) is 4.90 Å². The molecule has 1 atom stereocenters. The van der Waals surface area contributed by atoms with Gasteiger partial charge in [0.15, 0.2) is 0 Å². The molecule has 0 aromatic carbocycles. The van der Waals surface area contributed by atoms with Crippen molar-refractivity contribution in [2.45, 2.75) is 38.8 Å². The van der Waals surface area contributed by atoms with Gasteiger partial charge >= 0.3 is 0 Å². The Labute approximate surface area is 159 Å². The molecule has 2 aliphatic heterocycles. The monoisotopic (exact) mass is 366 g/mol. The third-order valence-corrected chi connectivity index (χ3v) is 5.61. The molecule has 0 aliphatic carbocycles. The molecular weight excluding hydrogens is 340 g/mol. The molecule has 4 rings (SSSR count). The molecule has 142 valence electrons. The number of pyridine rings is 1. The highest BCUT2D eigenvalue weighted by Gasteiger charge is 2.26. The van der Waals surface area contributed by atoms with E-state index >= 15 is 0 Å². The van der Waals surface area contributed by atoms with Crippen LogP contribution in [0.15, 0.2) is 30.9 Å². The van der Waals surface area contributed by atoms with Gasteiger partial charge in [-0.1, -0.05) is 6.92 Å². The molecule has 1 fully saturated rings. The van der Waals surface area contributed by atoms with Gasteiger partial charge in [0.1, 0.15) is 12.1 Å². The van der Waals surface area contributed by atoms with Gasteiger partial charge in [0.05, 0.1) is 17.8 Å². The largest absolute Gasteiger partial charge is 0.368 e. The number of hydrogen-bond donors (Lipinski definition) is 1. The number of fused-ring (bicyclic) bond motifs is 1. The lowest BCUT2D eigenvalue weighted by atomic mass is 10.0. The Bertz CT molecular complexity index is 796. The predicted octanol–water partition coefficient (Wildman–Crippen LogP) is 1.97. The van der Waals surface area contributed by atoms with Crippen molar-refractivity contribution in [3.05, 3.63) is 47.7 Å². The molecule has 0 spiro atoms. The van der Waals surface area contributed by atoms with Crippen LogP contribution in [0.1, 0.15) is 41.4 Å². The van der Waals surface area contributed by atoms with Crippen molar-refractivity contribution in [2.75, 3.05) is 31.5 Å². The van der Waals surface area contributed by atoms with Crippen molar-refractivity contribution in [3.63, 3.8) is 0 Å². The fraction of sp³-hybridized carbons (Fsp3) is 0.500. The average molecular weight is 366 g/mol. The van der Waals surface area contributed by atoms with Gasteiger partial charge in [0, 0.05) is 37.1 Å². The van der Waals surface area contributed by atoms with Crippen molar-refractivity contribution in [1.82, 2.24) is 24.8 Å². The number of carbonyl (C=O) groups excluding carboxylic acids is 1. The summed E-state index contributed by atoms with van der Waals surface area (Å²) in [6, 6.07) is 4.17. The zero-order valence-corrected chi connectivity index (χ0v) is 15.8. The molecule has 0 unspecified atom stereocenters. The lowest BCUT2D eigenvalue weighted by molar-refractivity contribution is 0.0731. The van der Waals surface area contributed by atoms with Crippen LogP contribution in [0.5, 0.6) is 0 Å². The molecule has 27 heavy (non-hydrogen) atoms. The van der Waals surface area contributed by atoms with E-state index in [-0.39, 0.29) is 5.91 Å². The van der Waals surface area contributed by atoms with Gasteiger partial charge in [-0.3, -0.25) is 14.7 Å².